The molecule has 0 aromatic heterocycles. The summed E-state index contributed by atoms with van der Waals surface area (Å²) in [6.07, 6.45) is 3.98. The molecule has 0 bridgehead atoms. The first kappa shape index (κ1) is 13.2. The Morgan fingerprint density at radius 3 is 2.56 bits per heavy atom. The van der Waals surface area contributed by atoms with Crippen molar-refractivity contribution in [3.05, 3.63) is 23.8 Å². The molecule has 1 aromatic rings. The molecule has 0 spiro atoms. The van der Waals surface area contributed by atoms with E-state index in [1.807, 2.05) is 12.1 Å². The number of hydrogen-bond acceptors (Lipinski definition) is 3. The minimum absolute atomic E-state index is 0.407. The fraction of sp³-hybridized carbons (Fsp3) is 0.600. The second-order valence-electron chi connectivity index (χ2n) is 4.83. The zero-order valence-corrected chi connectivity index (χ0v) is 11.5. The quantitative estimate of drug-likeness (QED) is 0.840. The molecule has 0 aliphatic heterocycles. The van der Waals surface area contributed by atoms with E-state index in [2.05, 4.69) is 18.3 Å². The van der Waals surface area contributed by atoms with Crippen molar-refractivity contribution in [2.75, 3.05) is 20.8 Å². The van der Waals surface area contributed by atoms with Crippen LogP contribution >= 0.6 is 0 Å². The van der Waals surface area contributed by atoms with Crippen LogP contribution in [0.3, 0.4) is 0 Å². The normalized spacial score (nSPS) is 17.1. The Morgan fingerprint density at radius 2 is 2.06 bits per heavy atom. The summed E-state index contributed by atoms with van der Waals surface area (Å²) in [6, 6.07) is 6.52. The predicted molar refractivity (Wildman–Crippen MR) is 73.3 cm³/mol. The maximum Gasteiger partial charge on any atom is 0.127 e. The van der Waals surface area contributed by atoms with Crippen LogP contribution in [0.25, 0.3) is 0 Å². The minimum Gasteiger partial charge on any atom is -0.497 e. The molecule has 1 saturated carbocycles. The van der Waals surface area contributed by atoms with Crippen LogP contribution in [0.4, 0.5) is 0 Å². The molecule has 1 aromatic carbocycles. The Hall–Kier alpha value is -1.22. The molecular weight excluding hydrogens is 226 g/mol. The van der Waals surface area contributed by atoms with Crippen molar-refractivity contribution in [2.45, 2.75) is 32.2 Å². The van der Waals surface area contributed by atoms with E-state index >= 15 is 0 Å². The van der Waals surface area contributed by atoms with Crippen molar-refractivity contribution in [2.24, 2.45) is 5.92 Å². The van der Waals surface area contributed by atoms with Crippen LogP contribution in [0.5, 0.6) is 11.5 Å². The van der Waals surface area contributed by atoms with E-state index in [4.69, 9.17) is 9.47 Å². The van der Waals surface area contributed by atoms with Crippen molar-refractivity contribution in [3.8, 4) is 11.5 Å². The van der Waals surface area contributed by atoms with Crippen LogP contribution in [0.1, 0.15) is 37.8 Å². The first-order valence-electron chi connectivity index (χ1n) is 6.75. The number of benzene rings is 1. The molecule has 3 nitrogen and oxygen atoms in total. The summed E-state index contributed by atoms with van der Waals surface area (Å²) >= 11 is 0. The zero-order valence-electron chi connectivity index (χ0n) is 11.5. The van der Waals surface area contributed by atoms with E-state index in [0.717, 1.165) is 24.0 Å². The van der Waals surface area contributed by atoms with Crippen LogP contribution in [0, 0.1) is 5.92 Å². The third-order valence-electron chi connectivity index (χ3n) is 3.82. The van der Waals surface area contributed by atoms with Gasteiger partial charge in [0.05, 0.1) is 14.2 Å². The van der Waals surface area contributed by atoms with Gasteiger partial charge in [0.25, 0.3) is 0 Å². The van der Waals surface area contributed by atoms with Crippen LogP contribution in [-0.2, 0) is 0 Å². The monoisotopic (exact) mass is 249 g/mol. The maximum absolute atomic E-state index is 5.51. The molecule has 18 heavy (non-hydrogen) atoms. The highest BCUT2D eigenvalue weighted by molar-refractivity contribution is 5.43. The van der Waals surface area contributed by atoms with Crippen LogP contribution < -0.4 is 14.8 Å². The van der Waals surface area contributed by atoms with E-state index in [1.54, 1.807) is 14.2 Å². The Labute approximate surface area is 109 Å². The molecule has 3 heteroatoms. The van der Waals surface area contributed by atoms with Gasteiger partial charge in [-0.3, -0.25) is 0 Å². The third-order valence-corrected chi connectivity index (χ3v) is 3.82. The molecule has 1 aliphatic carbocycles. The zero-order chi connectivity index (χ0) is 13.0. The molecule has 0 saturated heterocycles. The highest BCUT2D eigenvalue weighted by Gasteiger charge is 2.29. The maximum atomic E-state index is 5.51. The first-order valence-corrected chi connectivity index (χ1v) is 6.75. The van der Waals surface area contributed by atoms with E-state index in [-0.39, 0.29) is 0 Å². The van der Waals surface area contributed by atoms with Crippen LogP contribution in [-0.4, -0.2) is 20.8 Å². The molecule has 1 aliphatic rings. The molecule has 2 rings (SSSR count). The molecular formula is C15H23NO2. The highest BCUT2D eigenvalue weighted by Crippen LogP contribution is 2.41. The fourth-order valence-corrected chi connectivity index (χ4v) is 2.60. The fourth-order valence-electron chi connectivity index (χ4n) is 2.60. The van der Waals surface area contributed by atoms with Crippen molar-refractivity contribution in [1.82, 2.24) is 5.32 Å². The number of ether oxygens (including phenoxy) is 2. The Bertz CT molecular complexity index is 388. The van der Waals surface area contributed by atoms with Gasteiger partial charge >= 0.3 is 0 Å². The van der Waals surface area contributed by atoms with Gasteiger partial charge < -0.3 is 14.8 Å². The topological polar surface area (TPSA) is 30.5 Å². The number of hydrogen-bond donors (Lipinski definition) is 1. The number of rotatable bonds is 6. The molecule has 1 atom stereocenters. The lowest BCUT2D eigenvalue weighted by Crippen LogP contribution is -2.32. The molecule has 0 heterocycles. The van der Waals surface area contributed by atoms with E-state index in [9.17, 15) is 0 Å². The van der Waals surface area contributed by atoms with E-state index in [1.165, 1.54) is 24.8 Å². The van der Waals surface area contributed by atoms with Gasteiger partial charge in [-0.15, -0.1) is 0 Å². The van der Waals surface area contributed by atoms with Crippen molar-refractivity contribution >= 4 is 0 Å². The summed E-state index contributed by atoms with van der Waals surface area (Å²) in [4.78, 5) is 0. The second-order valence-corrected chi connectivity index (χ2v) is 4.83. The summed E-state index contributed by atoms with van der Waals surface area (Å²) in [7, 11) is 3.41. The van der Waals surface area contributed by atoms with Crippen LogP contribution in [0.2, 0.25) is 0 Å². The highest BCUT2D eigenvalue weighted by atomic mass is 16.5. The van der Waals surface area contributed by atoms with Gasteiger partial charge in [-0.2, -0.15) is 0 Å². The summed E-state index contributed by atoms with van der Waals surface area (Å²) in [6.45, 7) is 3.14. The Kier molecular flexibility index (Phi) is 4.48. The molecule has 1 fully saturated rings. The van der Waals surface area contributed by atoms with Crippen LogP contribution in [0.15, 0.2) is 18.2 Å². The number of nitrogens with one attached hydrogen (secondary N) is 1. The molecule has 0 amide bonds. The molecule has 0 radical (unpaired) electrons. The lowest BCUT2D eigenvalue weighted by atomic mass is 9.77. The Morgan fingerprint density at radius 1 is 1.28 bits per heavy atom. The van der Waals surface area contributed by atoms with Gasteiger partial charge in [0.2, 0.25) is 0 Å². The van der Waals surface area contributed by atoms with Crippen molar-refractivity contribution < 1.29 is 9.47 Å². The average Bonchev–Trinajstić information content (AvgIpc) is 2.35. The largest absolute Gasteiger partial charge is 0.497 e. The van der Waals surface area contributed by atoms with Gasteiger partial charge in [0, 0.05) is 17.7 Å². The van der Waals surface area contributed by atoms with Crippen molar-refractivity contribution in [1.29, 1.82) is 0 Å². The summed E-state index contributed by atoms with van der Waals surface area (Å²) < 4.78 is 10.8. The molecule has 1 unspecified atom stereocenters. The summed E-state index contributed by atoms with van der Waals surface area (Å²) in [5.74, 6) is 2.51. The van der Waals surface area contributed by atoms with Crippen molar-refractivity contribution in [3.63, 3.8) is 0 Å². The van der Waals surface area contributed by atoms with Gasteiger partial charge in [0.1, 0.15) is 11.5 Å². The predicted octanol–water partition coefficient (Wildman–Crippen LogP) is 3.15. The van der Waals surface area contributed by atoms with Gasteiger partial charge in [-0.05, 0) is 31.4 Å². The average molecular weight is 249 g/mol. The SMILES string of the molecule is CCNC(c1ccc(OC)cc1OC)C1CCC1. The smallest absolute Gasteiger partial charge is 0.127 e. The molecule has 1 N–H and O–H groups in total. The number of methoxy groups -OCH3 is 2. The van der Waals surface area contributed by atoms with Gasteiger partial charge in [0.15, 0.2) is 0 Å². The third kappa shape index (κ3) is 2.61. The lowest BCUT2D eigenvalue weighted by Gasteiger charge is -2.35. The first-order chi connectivity index (χ1) is 8.80. The summed E-state index contributed by atoms with van der Waals surface area (Å²) in [5, 5.41) is 3.59. The standard InChI is InChI=1S/C15H23NO2/c1-4-16-15(11-6-5-7-11)13-9-8-12(17-2)10-14(13)18-3/h8-11,15-16H,4-7H2,1-3H3. The van der Waals surface area contributed by atoms with E-state index < -0.39 is 0 Å². The minimum atomic E-state index is 0.407. The Balaban J connectivity index is 2.27. The molecule has 100 valence electrons. The lowest BCUT2D eigenvalue weighted by molar-refractivity contribution is 0.228. The second kappa shape index (κ2) is 6.10. The summed E-state index contributed by atoms with van der Waals surface area (Å²) in [5.41, 5.74) is 1.25. The van der Waals surface area contributed by atoms with Gasteiger partial charge in [-0.25, -0.2) is 0 Å². The van der Waals surface area contributed by atoms with E-state index in [0.29, 0.717) is 6.04 Å². The van der Waals surface area contributed by atoms with Gasteiger partial charge in [-0.1, -0.05) is 19.4 Å².